The van der Waals surface area contributed by atoms with Crippen molar-refractivity contribution in [2.45, 2.75) is 20.3 Å². The van der Waals surface area contributed by atoms with E-state index in [1.807, 2.05) is 43.3 Å². The number of hydrogen-bond acceptors (Lipinski definition) is 6. The van der Waals surface area contributed by atoms with E-state index in [0.29, 0.717) is 13.2 Å². The molecule has 9 heteroatoms. The van der Waals surface area contributed by atoms with Crippen molar-refractivity contribution in [3.8, 4) is 11.5 Å². The van der Waals surface area contributed by atoms with Crippen LogP contribution in [0.2, 0.25) is 0 Å². The predicted molar refractivity (Wildman–Crippen MR) is 120 cm³/mol. The number of hydrogen-bond donors (Lipinski definition) is 3. The molecule has 0 aliphatic rings. The van der Waals surface area contributed by atoms with E-state index < -0.39 is 11.9 Å². The SMILES string of the molecule is CCOc1ccccc1OCCNCCCN(CC)c1ccc(F)cc1.O=C(O)C(=O)O. The first-order valence-corrected chi connectivity index (χ1v) is 10.4. The van der Waals surface area contributed by atoms with Crippen LogP contribution in [0.25, 0.3) is 0 Å². The first-order valence-electron chi connectivity index (χ1n) is 10.4. The average Bonchev–Trinajstić information content (AvgIpc) is 2.78. The number of benzene rings is 2. The third-order valence-corrected chi connectivity index (χ3v) is 4.22. The van der Waals surface area contributed by atoms with Crippen LogP contribution >= 0.6 is 0 Å². The van der Waals surface area contributed by atoms with E-state index >= 15 is 0 Å². The second-order valence-electron chi connectivity index (χ2n) is 6.50. The molecule has 0 aliphatic heterocycles. The second kappa shape index (κ2) is 15.5. The molecule has 0 spiro atoms. The molecule has 0 fully saturated rings. The van der Waals surface area contributed by atoms with Gasteiger partial charge in [-0.1, -0.05) is 12.1 Å². The maximum atomic E-state index is 13.0. The number of anilines is 1. The van der Waals surface area contributed by atoms with Crippen LogP contribution in [0.4, 0.5) is 10.1 Å². The maximum Gasteiger partial charge on any atom is 0.414 e. The zero-order valence-electron chi connectivity index (χ0n) is 18.4. The number of carboxylic acid groups (broad SMARTS) is 2. The molecule has 0 atom stereocenters. The van der Waals surface area contributed by atoms with Crippen LogP contribution in [0.3, 0.4) is 0 Å². The van der Waals surface area contributed by atoms with Gasteiger partial charge in [0.05, 0.1) is 6.61 Å². The van der Waals surface area contributed by atoms with Gasteiger partial charge in [-0.3, -0.25) is 0 Å². The van der Waals surface area contributed by atoms with Gasteiger partial charge in [-0.25, -0.2) is 14.0 Å². The van der Waals surface area contributed by atoms with Crippen molar-refractivity contribution in [2.24, 2.45) is 0 Å². The number of para-hydroxylation sites is 2. The highest BCUT2D eigenvalue weighted by atomic mass is 19.1. The highest BCUT2D eigenvalue weighted by Gasteiger charge is 2.05. The molecule has 0 radical (unpaired) electrons. The van der Waals surface area contributed by atoms with Crippen LogP contribution in [0.15, 0.2) is 48.5 Å². The molecule has 0 aliphatic carbocycles. The number of nitrogens with zero attached hydrogens (tertiary/aromatic N) is 1. The van der Waals surface area contributed by atoms with Crippen molar-refractivity contribution in [3.63, 3.8) is 0 Å². The van der Waals surface area contributed by atoms with Crippen molar-refractivity contribution in [1.29, 1.82) is 0 Å². The first-order chi connectivity index (χ1) is 15.4. The summed E-state index contributed by atoms with van der Waals surface area (Å²) in [4.78, 5) is 20.4. The Balaban J connectivity index is 0.000000751. The maximum absolute atomic E-state index is 13.0. The van der Waals surface area contributed by atoms with Crippen LogP contribution in [-0.2, 0) is 9.59 Å². The van der Waals surface area contributed by atoms with E-state index in [0.717, 1.165) is 49.8 Å². The van der Waals surface area contributed by atoms with Crippen molar-refractivity contribution >= 4 is 17.6 Å². The lowest BCUT2D eigenvalue weighted by molar-refractivity contribution is -0.159. The Kier molecular flexibility index (Phi) is 12.9. The van der Waals surface area contributed by atoms with Crippen molar-refractivity contribution in [1.82, 2.24) is 5.32 Å². The van der Waals surface area contributed by atoms with Crippen molar-refractivity contribution < 1.29 is 33.7 Å². The van der Waals surface area contributed by atoms with Gasteiger partial charge < -0.3 is 29.9 Å². The van der Waals surface area contributed by atoms with Gasteiger partial charge in [0.15, 0.2) is 11.5 Å². The molecule has 8 nitrogen and oxygen atoms in total. The number of rotatable bonds is 12. The van der Waals surface area contributed by atoms with Crippen LogP contribution in [0.1, 0.15) is 20.3 Å². The number of carbonyl (C=O) groups is 2. The van der Waals surface area contributed by atoms with E-state index in [9.17, 15) is 4.39 Å². The highest BCUT2D eigenvalue weighted by Crippen LogP contribution is 2.26. The van der Waals surface area contributed by atoms with Gasteiger partial charge in [0.1, 0.15) is 12.4 Å². The van der Waals surface area contributed by atoms with Crippen LogP contribution in [0.5, 0.6) is 11.5 Å². The summed E-state index contributed by atoms with van der Waals surface area (Å²) in [6.07, 6.45) is 1.01. The zero-order valence-corrected chi connectivity index (χ0v) is 18.4. The zero-order chi connectivity index (χ0) is 23.8. The third-order valence-electron chi connectivity index (χ3n) is 4.22. The molecular weight excluding hydrogens is 419 g/mol. The van der Waals surface area contributed by atoms with E-state index in [4.69, 9.17) is 29.3 Å². The van der Waals surface area contributed by atoms with E-state index in [1.54, 1.807) is 0 Å². The Morgan fingerprint density at radius 3 is 2.06 bits per heavy atom. The summed E-state index contributed by atoms with van der Waals surface area (Å²) in [5.41, 5.74) is 1.06. The van der Waals surface area contributed by atoms with E-state index in [-0.39, 0.29) is 5.82 Å². The van der Waals surface area contributed by atoms with Gasteiger partial charge in [-0.15, -0.1) is 0 Å². The van der Waals surface area contributed by atoms with E-state index in [1.165, 1.54) is 12.1 Å². The normalized spacial score (nSPS) is 9.97. The van der Waals surface area contributed by atoms with Gasteiger partial charge in [0, 0.05) is 25.3 Å². The fourth-order valence-corrected chi connectivity index (χ4v) is 2.72. The van der Waals surface area contributed by atoms with Gasteiger partial charge in [0.25, 0.3) is 0 Å². The molecule has 0 amide bonds. The van der Waals surface area contributed by atoms with Gasteiger partial charge in [-0.2, -0.15) is 0 Å². The van der Waals surface area contributed by atoms with Crippen molar-refractivity contribution in [2.75, 3.05) is 44.3 Å². The topological polar surface area (TPSA) is 108 Å². The minimum atomic E-state index is -1.82. The largest absolute Gasteiger partial charge is 0.490 e. The fraction of sp³-hybridized carbons (Fsp3) is 0.391. The molecule has 176 valence electrons. The molecule has 2 rings (SSSR count). The Bertz CT molecular complexity index is 804. The molecule has 0 unspecified atom stereocenters. The first kappa shape index (κ1) is 26.7. The summed E-state index contributed by atoms with van der Waals surface area (Å²) in [6, 6.07) is 14.4. The van der Waals surface area contributed by atoms with Gasteiger partial charge >= 0.3 is 11.9 Å². The minimum absolute atomic E-state index is 0.197. The molecular formula is C23H31FN2O6. The number of halogens is 1. The lowest BCUT2D eigenvalue weighted by atomic mass is 10.2. The molecule has 0 bridgehead atoms. The third kappa shape index (κ3) is 10.6. The Hall–Kier alpha value is -3.33. The summed E-state index contributed by atoms with van der Waals surface area (Å²) in [7, 11) is 0. The lowest BCUT2D eigenvalue weighted by Crippen LogP contribution is -2.28. The summed E-state index contributed by atoms with van der Waals surface area (Å²) in [6.45, 7) is 8.83. The summed E-state index contributed by atoms with van der Waals surface area (Å²) in [5.74, 6) is -2.28. The minimum Gasteiger partial charge on any atom is -0.490 e. The van der Waals surface area contributed by atoms with Crippen molar-refractivity contribution in [3.05, 3.63) is 54.3 Å². The molecule has 32 heavy (non-hydrogen) atoms. The average molecular weight is 451 g/mol. The highest BCUT2D eigenvalue weighted by molar-refractivity contribution is 6.27. The standard InChI is InChI=1S/C21H29FN2O2.C2H2O4/c1-3-24(19-12-10-18(22)11-13-19)16-7-14-23-15-17-26-21-9-6-5-8-20(21)25-4-2;3-1(4)2(5)6/h5-6,8-13,23H,3-4,7,14-17H2,1-2H3;(H,3,4)(H,5,6). The quantitative estimate of drug-likeness (QED) is 0.334. The molecule has 2 aromatic carbocycles. The molecule has 0 saturated carbocycles. The second-order valence-corrected chi connectivity index (χ2v) is 6.50. The van der Waals surface area contributed by atoms with Crippen LogP contribution < -0.4 is 19.7 Å². The smallest absolute Gasteiger partial charge is 0.414 e. The Morgan fingerprint density at radius 1 is 0.938 bits per heavy atom. The summed E-state index contributed by atoms with van der Waals surface area (Å²) < 4.78 is 24.4. The number of ether oxygens (including phenoxy) is 2. The Labute approximate surface area is 187 Å². The lowest BCUT2D eigenvalue weighted by Gasteiger charge is -2.23. The number of nitrogens with one attached hydrogen (secondary N) is 1. The number of aliphatic carboxylic acids is 2. The van der Waals surface area contributed by atoms with Gasteiger partial charge in [0.2, 0.25) is 0 Å². The molecule has 0 aromatic heterocycles. The molecule has 0 saturated heterocycles. The van der Waals surface area contributed by atoms with E-state index in [2.05, 4.69) is 17.1 Å². The fourth-order valence-electron chi connectivity index (χ4n) is 2.72. The van der Waals surface area contributed by atoms with Crippen LogP contribution in [-0.4, -0.2) is 61.5 Å². The van der Waals surface area contributed by atoms with Crippen LogP contribution in [0, 0.1) is 5.82 Å². The summed E-state index contributed by atoms with van der Waals surface area (Å²) in [5, 5.41) is 18.2. The number of carboxylic acids is 2. The molecule has 3 N–H and O–H groups in total. The predicted octanol–water partition coefficient (Wildman–Crippen LogP) is 3.27. The molecule has 2 aromatic rings. The Morgan fingerprint density at radius 2 is 1.53 bits per heavy atom. The van der Waals surface area contributed by atoms with Gasteiger partial charge in [-0.05, 0) is 63.2 Å². The molecule has 0 heterocycles. The summed E-state index contributed by atoms with van der Waals surface area (Å²) >= 11 is 0. The monoisotopic (exact) mass is 450 g/mol.